The number of quaternary nitrogens is 1. The molecule has 30 heavy (non-hydrogen) atoms. The second-order valence-electron chi connectivity index (χ2n) is 8.44. The van der Waals surface area contributed by atoms with Crippen LogP contribution in [0.4, 0.5) is 15.6 Å². The quantitative estimate of drug-likeness (QED) is 0.596. The highest BCUT2D eigenvalue weighted by Crippen LogP contribution is 2.40. The van der Waals surface area contributed by atoms with Crippen LogP contribution in [0.25, 0.3) is 10.6 Å². The van der Waals surface area contributed by atoms with Crippen molar-refractivity contribution in [1.29, 1.82) is 5.26 Å². The fourth-order valence-electron chi connectivity index (χ4n) is 4.75. The molecular formula is C21H28N7OS+. The highest BCUT2D eigenvalue weighted by Gasteiger charge is 2.52. The van der Waals surface area contributed by atoms with Crippen molar-refractivity contribution in [2.45, 2.75) is 26.3 Å². The minimum atomic E-state index is -0.347. The zero-order valence-corrected chi connectivity index (χ0v) is 18.3. The number of hydrogen-bond acceptors (Lipinski definition) is 7. The zero-order chi connectivity index (χ0) is 21.3. The Morgan fingerprint density at radius 2 is 1.93 bits per heavy atom. The standard InChI is InChI=1S/C21H27N7OS/c1-15-13-16(2)28(14-15,20(23)29)21-25-24-19(30-21)17-3-5-18(6-4-17)27-11-9-26(8-7-22)10-12-27/h3-6,15-16H,8-14H2,1-2H3,(H-,23,29)/p+1/t15-,16?,28?/m0/s1. The van der Waals surface area contributed by atoms with Gasteiger partial charge in [-0.05, 0) is 42.5 Å². The number of rotatable bonds is 4. The Morgan fingerprint density at radius 3 is 2.50 bits per heavy atom. The largest absolute Gasteiger partial charge is 0.421 e. The number of benzene rings is 1. The highest BCUT2D eigenvalue weighted by atomic mass is 32.1. The van der Waals surface area contributed by atoms with E-state index in [1.54, 1.807) is 0 Å². The number of anilines is 1. The van der Waals surface area contributed by atoms with E-state index in [-0.39, 0.29) is 16.6 Å². The number of nitriles is 1. The molecule has 2 saturated heterocycles. The highest BCUT2D eigenvalue weighted by molar-refractivity contribution is 7.18. The molecule has 2 fully saturated rings. The lowest BCUT2D eigenvalue weighted by Crippen LogP contribution is -2.59. The van der Waals surface area contributed by atoms with Crippen LogP contribution in [0.2, 0.25) is 0 Å². The van der Waals surface area contributed by atoms with Gasteiger partial charge in [-0.1, -0.05) is 12.0 Å². The van der Waals surface area contributed by atoms with Crippen molar-refractivity contribution < 1.29 is 4.79 Å². The third-order valence-electron chi connectivity index (χ3n) is 6.39. The Bertz CT molecular complexity index is 945. The van der Waals surface area contributed by atoms with Crippen LogP contribution in [0.1, 0.15) is 20.3 Å². The molecule has 4 rings (SSSR count). The first-order valence-corrected chi connectivity index (χ1v) is 11.2. The zero-order valence-electron chi connectivity index (χ0n) is 17.5. The molecule has 0 saturated carbocycles. The Balaban J connectivity index is 1.51. The normalized spacial score (nSPS) is 27.2. The first-order chi connectivity index (χ1) is 14.4. The molecule has 0 bridgehead atoms. The van der Waals surface area contributed by atoms with E-state index in [0.29, 0.717) is 24.1 Å². The number of piperazine rings is 1. The van der Waals surface area contributed by atoms with Crippen LogP contribution in [-0.2, 0) is 0 Å². The summed E-state index contributed by atoms with van der Waals surface area (Å²) in [6.45, 7) is 9.03. The van der Waals surface area contributed by atoms with Crippen molar-refractivity contribution in [3.05, 3.63) is 24.3 Å². The van der Waals surface area contributed by atoms with Crippen molar-refractivity contribution in [3.63, 3.8) is 0 Å². The summed E-state index contributed by atoms with van der Waals surface area (Å²) in [7, 11) is 0. The van der Waals surface area contributed by atoms with Gasteiger partial charge in [0.25, 0.3) is 0 Å². The van der Waals surface area contributed by atoms with E-state index in [9.17, 15) is 4.79 Å². The molecule has 0 spiro atoms. The van der Waals surface area contributed by atoms with Crippen LogP contribution in [0.3, 0.4) is 0 Å². The maximum Gasteiger partial charge on any atom is 0.421 e. The van der Waals surface area contributed by atoms with Gasteiger partial charge >= 0.3 is 11.2 Å². The predicted molar refractivity (Wildman–Crippen MR) is 119 cm³/mol. The van der Waals surface area contributed by atoms with E-state index in [1.807, 2.05) is 0 Å². The summed E-state index contributed by atoms with van der Waals surface area (Å²) >= 11 is 1.46. The van der Waals surface area contributed by atoms with E-state index in [2.05, 4.69) is 64.2 Å². The Labute approximate surface area is 181 Å². The summed E-state index contributed by atoms with van der Waals surface area (Å²) in [5, 5.41) is 19.1. The Morgan fingerprint density at radius 1 is 1.23 bits per heavy atom. The number of carbonyl (C=O) groups is 1. The van der Waals surface area contributed by atoms with Crippen LogP contribution < -0.4 is 15.1 Å². The molecule has 2 N–H and O–H groups in total. The first-order valence-electron chi connectivity index (χ1n) is 10.4. The van der Waals surface area contributed by atoms with Crippen LogP contribution in [0, 0.1) is 17.2 Å². The van der Waals surface area contributed by atoms with Gasteiger partial charge in [-0.3, -0.25) is 4.90 Å². The summed E-state index contributed by atoms with van der Waals surface area (Å²) in [6.07, 6.45) is 0.953. The molecule has 2 aliphatic rings. The molecule has 8 nitrogen and oxygen atoms in total. The molecule has 2 amide bonds. The number of primary amides is 1. The van der Waals surface area contributed by atoms with E-state index in [4.69, 9.17) is 11.0 Å². The molecule has 0 aliphatic carbocycles. The van der Waals surface area contributed by atoms with Gasteiger partial charge in [-0.15, -0.1) is 5.10 Å². The van der Waals surface area contributed by atoms with Crippen molar-refractivity contribution in [3.8, 4) is 16.6 Å². The summed E-state index contributed by atoms with van der Waals surface area (Å²) < 4.78 is 0.101. The summed E-state index contributed by atoms with van der Waals surface area (Å²) in [4.78, 5) is 16.9. The third-order valence-corrected chi connectivity index (χ3v) is 7.49. The van der Waals surface area contributed by atoms with Crippen LogP contribution in [-0.4, -0.2) is 66.4 Å². The summed E-state index contributed by atoms with van der Waals surface area (Å²) in [5.74, 6) is 0.424. The topological polar surface area (TPSA) is 99.1 Å². The summed E-state index contributed by atoms with van der Waals surface area (Å²) in [6, 6.07) is 10.3. The number of urea groups is 1. The molecule has 1 aromatic carbocycles. The molecule has 0 radical (unpaired) electrons. The number of likely N-dealkylation sites (tertiary alicyclic amines) is 1. The second-order valence-corrected chi connectivity index (χ2v) is 9.39. The fraction of sp³-hybridized carbons (Fsp3) is 0.524. The fourth-order valence-corrected chi connectivity index (χ4v) is 5.85. The molecule has 9 heteroatoms. The Hall–Kier alpha value is -2.54. The predicted octanol–water partition coefficient (Wildman–Crippen LogP) is 2.66. The van der Waals surface area contributed by atoms with Gasteiger partial charge in [0.15, 0.2) is 5.01 Å². The van der Waals surface area contributed by atoms with Crippen molar-refractivity contribution >= 4 is 28.2 Å². The van der Waals surface area contributed by atoms with Crippen molar-refractivity contribution in [2.75, 3.05) is 44.2 Å². The Kier molecular flexibility index (Phi) is 5.73. The van der Waals surface area contributed by atoms with Crippen molar-refractivity contribution in [2.24, 2.45) is 11.7 Å². The minimum absolute atomic E-state index is 0.101. The maximum absolute atomic E-state index is 12.4. The minimum Gasteiger partial charge on any atom is -0.369 e. The van der Waals surface area contributed by atoms with Gasteiger partial charge in [0.1, 0.15) is 6.04 Å². The van der Waals surface area contributed by atoms with Gasteiger partial charge in [0.2, 0.25) is 0 Å². The van der Waals surface area contributed by atoms with E-state index >= 15 is 0 Å². The molecule has 2 aromatic rings. The number of carbonyl (C=O) groups excluding carboxylic acids is 1. The lowest BCUT2D eigenvalue weighted by molar-refractivity contribution is 0.204. The third kappa shape index (κ3) is 3.67. The monoisotopic (exact) mass is 426 g/mol. The van der Waals surface area contributed by atoms with Crippen LogP contribution in [0.15, 0.2) is 24.3 Å². The SMILES string of the molecule is CC1C[C@H](C)C[N+]1(C(N)=O)c1nnc(-c2ccc(N3CCN(CC#N)CC3)cc2)s1. The van der Waals surface area contributed by atoms with Crippen LogP contribution >= 0.6 is 11.3 Å². The summed E-state index contributed by atoms with van der Waals surface area (Å²) in [5.41, 5.74) is 8.00. The number of aromatic nitrogens is 2. The van der Waals surface area contributed by atoms with Crippen LogP contribution in [0.5, 0.6) is 0 Å². The molecule has 3 atom stereocenters. The van der Waals surface area contributed by atoms with Gasteiger partial charge < -0.3 is 10.6 Å². The second kappa shape index (κ2) is 8.30. The molecule has 2 unspecified atom stereocenters. The molecule has 1 aromatic heterocycles. The molecule has 2 aliphatic heterocycles. The lowest BCUT2D eigenvalue weighted by atomic mass is 10.1. The smallest absolute Gasteiger partial charge is 0.369 e. The van der Waals surface area contributed by atoms with Gasteiger partial charge in [0, 0.05) is 49.8 Å². The van der Waals surface area contributed by atoms with Gasteiger partial charge in [0.05, 0.1) is 19.2 Å². The van der Waals surface area contributed by atoms with Gasteiger partial charge in [-0.25, -0.2) is 4.79 Å². The number of nitrogens with zero attached hydrogens (tertiary/aromatic N) is 6. The molecule has 3 heterocycles. The van der Waals surface area contributed by atoms with Crippen molar-refractivity contribution in [1.82, 2.24) is 19.6 Å². The average Bonchev–Trinajstić information content (AvgIpc) is 3.34. The maximum atomic E-state index is 12.4. The van der Waals surface area contributed by atoms with E-state index in [0.717, 1.165) is 43.2 Å². The lowest BCUT2D eigenvalue weighted by Gasteiger charge is -2.34. The first kappa shape index (κ1) is 20.7. The van der Waals surface area contributed by atoms with E-state index < -0.39 is 0 Å². The molecule has 158 valence electrons. The number of hydrogen-bond donors (Lipinski definition) is 1. The number of amides is 2. The van der Waals surface area contributed by atoms with Gasteiger partial charge in [-0.2, -0.15) is 9.74 Å². The van der Waals surface area contributed by atoms with E-state index in [1.165, 1.54) is 17.0 Å². The number of nitrogens with two attached hydrogens (primary N) is 1. The molecular weight excluding hydrogens is 398 g/mol. The average molecular weight is 427 g/mol.